The molecular formula is C19H20BrN3O4S. The lowest BCUT2D eigenvalue weighted by atomic mass is 10.1. The SMILES string of the molecule is CC(=NNC(=O)c1cccc(S(=O)(=O)N2CCOCC2)c1)c1ccc(Br)cc1. The molecule has 1 aliphatic heterocycles. The van der Waals surface area contributed by atoms with Crippen molar-refractivity contribution >= 4 is 37.6 Å². The van der Waals surface area contributed by atoms with Crippen molar-refractivity contribution < 1.29 is 17.9 Å². The Balaban J connectivity index is 1.75. The minimum Gasteiger partial charge on any atom is -0.379 e. The molecule has 3 rings (SSSR count). The van der Waals surface area contributed by atoms with Crippen LogP contribution in [0.5, 0.6) is 0 Å². The van der Waals surface area contributed by atoms with E-state index in [1.54, 1.807) is 19.1 Å². The van der Waals surface area contributed by atoms with Gasteiger partial charge in [-0.1, -0.05) is 34.1 Å². The summed E-state index contributed by atoms with van der Waals surface area (Å²) in [5.41, 5.74) is 4.21. The van der Waals surface area contributed by atoms with E-state index in [1.807, 2.05) is 24.3 Å². The number of hydrogen-bond donors (Lipinski definition) is 1. The molecule has 2 aromatic rings. The zero-order valence-corrected chi connectivity index (χ0v) is 17.7. The first-order valence-corrected chi connectivity index (χ1v) is 10.9. The van der Waals surface area contributed by atoms with Crippen LogP contribution in [0, 0.1) is 0 Å². The third-order valence-corrected chi connectivity index (χ3v) is 6.71. The van der Waals surface area contributed by atoms with Crippen molar-refractivity contribution in [1.82, 2.24) is 9.73 Å². The topological polar surface area (TPSA) is 88.1 Å². The Kier molecular flexibility index (Phi) is 6.61. The molecule has 1 heterocycles. The molecule has 28 heavy (non-hydrogen) atoms. The number of hydrogen-bond acceptors (Lipinski definition) is 5. The normalized spacial score (nSPS) is 16.0. The Morgan fingerprint density at radius 2 is 1.79 bits per heavy atom. The van der Waals surface area contributed by atoms with E-state index in [0.717, 1.165) is 10.0 Å². The maximum absolute atomic E-state index is 12.7. The summed E-state index contributed by atoms with van der Waals surface area (Å²) in [6.45, 7) is 3.11. The Bertz CT molecular complexity index is 984. The number of carbonyl (C=O) groups is 1. The van der Waals surface area contributed by atoms with Crippen LogP contribution in [0.15, 0.2) is 63.0 Å². The van der Waals surface area contributed by atoms with Crippen molar-refractivity contribution in [2.75, 3.05) is 26.3 Å². The van der Waals surface area contributed by atoms with Gasteiger partial charge in [-0.3, -0.25) is 4.79 Å². The van der Waals surface area contributed by atoms with Crippen molar-refractivity contribution in [1.29, 1.82) is 0 Å². The highest BCUT2D eigenvalue weighted by molar-refractivity contribution is 9.10. The Labute approximate surface area is 172 Å². The van der Waals surface area contributed by atoms with E-state index in [1.165, 1.54) is 16.4 Å². The number of rotatable bonds is 5. The highest BCUT2D eigenvalue weighted by Crippen LogP contribution is 2.18. The summed E-state index contributed by atoms with van der Waals surface area (Å²) in [5, 5.41) is 4.11. The van der Waals surface area contributed by atoms with E-state index >= 15 is 0 Å². The number of morpholine rings is 1. The van der Waals surface area contributed by atoms with Gasteiger partial charge in [0.15, 0.2) is 0 Å². The van der Waals surface area contributed by atoms with Gasteiger partial charge in [0, 0.05) is 23.1 Å². The summed E-state index contributed by atoms with van der Waals surface area (Å²) in [4.78, 5) is 12.5. The molecule has 9 heteroatoms. The number of amides is 1. The van der Waals surface area contributed by atoms with Gasteiger partial charge in [-0.15, -0.1) is 0 Å². The third-order valence-electron chi connectivity index (χ3n) is 4.29. The zero-order valence-electron chi connectivity index (χ0n) is 15.3. The number of halogens is 1. The van der Waals surface area contributed by atoms with E-state index in [0.29, 0.717) is 32.0 Å². The first-order chi connectivity index (χ1) is 13.4. The second-order valence-electron chi connectivity index (χ2n) is 6.19. The van der Waals surface area contributed by atoms with Crippen LogP contribution >= 0.6 is 15.9 Å². The smallest absolute Gasteiger partial charge is 0.271 e. The van der Waals surface area contributed by atoms with Crippen LogP contribution in [0.25, 0.3) is 0 Å². The number of carbonyl (C=O) groups excluding carboxylic acids is 1. The fourth-order valence-corrected chi connectivity index (χ4v) is 4.41. The average molecular weight is 466 g/mol. The first-order valence-electron chi connectivity index (χ1n) is 8.66. The lowest BCUT2D eigenvalue weighted by Gasteiger charge is -2.26. The monoisotopic (exact) mass is 465 g/mol. The summed E-state index contributed by atoms with van der Waals surface area (Å²) >= 11 is 3.37. The molecule has 0 unspecified atom stereocenters. The van der Waals surface area contributed by atoms with Gasteiger partial charge in [0.1, 0.15) is 0 Å². The summed E-state index contributed by atoms with van der Waals surface area (Å²) in [6, 6.07) is 13.5. The maximum Gasteiger partial charge on any atom is 0.271 e. The number of sulfonamides is 1. The fraction of sp³-hybridized carbons (Fsp3) is 0.263. The van der Waals surface area contributed by atoms with Crippen molar-refractivity contribution in [3.63, 3.8) is 0 Å². The Morgan fingerprint density at radius 1 is 1.11 bits per heavy atom. The second kappa shape index (κ2) is 8.95. The van der Waals surface area contributed by atoms with Crippen LogP contribution in [-0.2, 0) is 14.8 Å². The summed E-state index contributed by atoms with van der Waals surface area (Å²) in [5.74, 6) is -0.476. The van der Waals surface area contributed by atoms with Crippen LogP contribution in [0.2, 0.25) is 0 Å². The number of benzene rings is 2. The first kappa shape index (κ1) is 20.7. The van der Waals surface area contributed by atoms with Gasteiger partial charge in [-0.2, -0.15) is 9.41 Å². The maximum atomic E-state index is 12.7. The molecule has 1 aliphatic rings. The van der Waals surface area contributed by atoms with Crippen LogP contribution in [0.4, 0.5) is 0 Å². The van der Waals surface area contributed by atoms with Gasteiger partial charge in [0.2, 0.25) is 10.0 Å². The van der Waals surface area contributed by atoms with Gasteiger partial charge in [0.25, 0.3) is 5.91 Å². The summed E-state index contributed by atoms with van der Waals surface area (Å²) in [7, 11) is -3.66. The molecular weight excluding hydrogens is 446 g/mol. The molecule has 7 nitrogen and oxygen atoms in total. The quantitative estimate of drug-likeness (QED) is 0.542. The lowest BCUT2D eigenvalue weighted by molar-refractivity contribution is 0.0730. The van der Waals surface area contributed by atoms with Crippen LogP contribution in [0.1, 0.15) is 22.8 Å². The third kappa shape index (κ3) is 4.85. The van der Waals surface area contributed by atoms with E-state index in [9.17, 15) is 13.2 Å². The van der Waals surface area contributed by atoms with Crippen molar-refractivity contribution in [2.45, 2.75) is 11.8 Å². The molecule has 1 saturated heterocycles. The fourth-order valence-electron chi connectivity index (χ4n) is 2.69. The second-order valence-corrected chi connectivity index (χ2v) is 9.04. The number of hydrazone groups is 1. The number of nitrogens with one attached hydrogen (secondary N) is 1. The van der Waals surface area contributed by atoms with Crippen LogP contribution < -0.4 is 5.43 Å². The van der Waals surface area contributed by atoms with E-state index in [2.05, 4.69) is 26.5 Å². The van der Waals surface area contributed by atoms with Gasteiger partial charge in [-0.05, 0) is 42.8 Å². The van der Waals surface area contributed by atoms with Crippen molar-refractivity contribution in [2.24, 2.45) is 5.10 Å². The van der Waals surface area contributed by atoms with E-state index in [4.69, 9.17) is 4.74 Å². The molecule has 0 spiro atoms. The molecule has 1 fully saturated rings. The Hall–Kier alpha value is -2.07. The van der Waals surface area contributed by atoms with Gasteiger partial charge < -0.3 is 4.74 Å². The molecule has 0 atom stereocenters. The molecule has 1 N–H and O–H groups in total. The minimum atomic E-state index is -3.66. The zero-order chi connectivity index (χ0) is 20.1. The van der Waals surface area contributed by atoms with Crippen LogP contribution in [0.3, 0.4) is 0 Å². The van der Waals surface area contributed by atoms with Gasteiger partial charge >= 0.3 is 0 Å². The predicted molar refractivity (Wildman–Crippen MR) is 110 cm³/mol. The molecule has 148 valence electrons. The molecule has 0 aliphatic carbocycles. The molecule has 0 bridgehead atoms. The number of ether oxygens (including phenoxy) is 1. The Morgan fingerprint density at radius 3 is 2.46 bits per heavy atom. The highest BCUT2D eigenvalue weighted by atomic mass is 79.9. The van der Waals surface area contributed by atoms with E-state index < -0.39 is 15.9 Å². The average Bonchev–Trinajstić information content (AvgIpc) is 2.73. The molecule has 0 radical (unpaired) electrons. The molecule has 0 aromatic heterocycles. The minimum absolute atomic E-state index is 0.0793. The standard InChI is InChI=1S/C19H20BrN3O4S/c1-14(15-5-7-17(20)8-6-15)21-22-19(24)16-3-2-4-18(13-16)28(25,26)23-9-11-27-12-10-23/h2-8,13H,9-12H2,1H3,(H,22,24). The van der Waals surface area contributed by atoms with Crippen molar-refractivity contribution in [3.8, 4) is 0 Å². The molecule has 2 aromatic carbocycles. The highest BCUT2D eigenvalue weighted by Gasteiger charge is 2.26. The summed E-state index contributed by atoms with van der Waals surface area (Å²) < 4.78 is 33.0. The largest absolute Gasteiger partial charge is 0.379 e. The predicted octanol–water partition coefficient (Wildman–Crippen LogP) is 2.62. The summed E-state index contributed by atoms with van der Waals surface area (Å²) in [6.07, 6.45) is 0. The van der Waals surface area contributed by atoms with Crippen molar-refractivity contribution in [3.05, 3.63) is 64.1 Å². The van der Waals surface area contributed by atoms with E-state index in [-0.39, 0.29) is 10.5 Å². The molecule has 0 saturated carbocycles. The molecule has 1 amide bonds. The lowest BCUT2D eigenvalue weighted by Crippen LogP contribution is -2.40. The van der Waals surface area contributed by atoms with Gasteiger partial charge in [-0.25, -0.2) is 13.8 Å². The van der Waals surface area contributed by atoms with Crippen LogP contribution in [-0.4, -0.2) is 50.6 Å². The van der Waals surface area contributed by atoms with Gasteiger partial charge in [0.05, 0.1) is 23.8 Å². The number of nitrogens with zero attached hydrogens (tertiary/aromatic N) is 2.